The summed E-state index contributed by atoms with van der Waals surface area (Å²) in [4.78, 5) is 15.9. The lowest BCUT2D eigenvalue weighted by atomic mass is 10.0. The Labute approximate surface area is 133 Å². The van der Waals surface area contributed by atoms with E-state index in [0.29, 0.717) is 12.5 Å². The van der Waals surface area contributed by atoms with E-state index in [9.17, 15) is 4.79 Å². The smallest absolute Gasteiger partial charge is 0.407 e. The zero-order chi connectivity index (χ0) is 16.8. The third-order valence-electron chi connectivity index (χ3n) is 3.37. The normalized spacial score (nSPS) is 13.0. The van der Waals surface area contributed by atoms with Crippen LogP contribution in [0.25, 0.3) is 0 Å². The zero-order valence-corrected chi connectivity index (χ0v) is 14.6. The number of hydrogen-bond donors (Lipinski definition) is 2. The number of hydrogen-bond acceptors (Lipinski definition) is 4. The molecule has 5 nitrogen and oxygen atoms in total. The minimum absolute atomic E-state index is 0.173. The van der Waals surface area contributed by atoms with Crippen LogP contribution in [0.5, 0.6) is 0 Å². The highest BCUT2D eigenvalue weighted by molar-refractivity contribution is 5.67. The molecule has 2 N–H and O–H groups in total. The Morgan fingerprint density at radius 3 is 2.59 bits per heavy atom. The van der Waals surface area contributed by atoms with Crippen LogP contribution in [0.15, 0.2) is 18.5 Å². The molecule has 1 atom stereocenters. The van der Waals surface area contributed by atoms with Gasteiger partial charge in [0.2, 0.25) is 0 Å². The molecule has 0 fully saturated rings. The summed E-state index contributed by atoms with van der Waals surface area (Å²) in [7, 11) is 0. The predicted molar refractivity (Wildman–Crippen MR) is 88.7 cm³/mol. The number of nitrogens with zero attached hydrogens (tertiary/aromatic N) is 1. The average molecular weight is 307 g/mol. The van der Waals surface area contributed by atoms with E-state index in [0.717, 1.165) is 6.54 Å². The molecule has 5 heteroatoms. The van der Waals surface area contributed by atoms with Gasteiger partial charge in [0.05, 0.1) is 0 Å². The minimum Gasteiger partial charge on any atom is -0.444 e. The number of nitrogens with one attached hydrogen (secondary N) is 2. The highest BCUT2D eigenvalue weighted by Crippen LogP contribution is 2.09. The number of amides is 1. The van der Waals surface area contributed by atoms with Crippen LogP contribution in [0, 0.1) is 12.8 Å². The Balaban J connectivity index is 2.49. The van der Waals surface area contributed by atoms with Gasteiger partial charge in [0, 0.05) is 31.5 Å². The third-order valence-corrected chi connectivity index (χ3v) is 3.37. The van der Waals surface area contributed by atoms with E-state index in [1.165, 1.54) is 11.1 Å². The first-order chi connectivity index (χ1) is 10.2. The molecule has 0 radical (unpaired) electrons. The van der Waals surface area contributed by atoms with Crippen LogP contribution in [-0.2, 0) is 11.3 Å². The molecule has 0 bridgehead atoms. The zero-order valence-electron chi connectivity index (χ0n) is 14.6. The second-order valence-corrected chi connectivity index (χ2v) is 6.92. The summed E-state index contributed by atoms with van der Waals surface area (Å²) in [6, 6.07) is 2.17. The topological polar surface area (TPSA) is 63.2 Å². The van der Waals surface area contributed by atoms with Gasteiger partial charge in [-0.25, -0.2) is 4.79 Å². The molecule has 22 heavy (non-hydrogen) atoms. The molecule has 1 heterocycles. The lowest BCUT2D eigenvalue weighted by molar-refractivity contribution is 0.0519. The molecule has 0 aliphatic carbocycles. The number of pyridine rings is 1. The summed E-state index contributed by atoms with van der Waals surface area (Å²) in [6.07, 6.45) is 3.29. The SMILES string of the molecule is Cc1ccncc1CNC(CNC(=O)OC(C)(C)C)C(C)C. The minimum atomic E-state index is -0.475. The summed E-state index contributed by atoms with van der Waals surface area (Å²) in [6.45, 7) is 13.2. The Bertz CT molecular complexity index is 481. The molecule has 0 saturated carbocycles. The Hall–Kier alpha value is -1.62. The van der Waals surface area contributed by atoms with Crippen LogP contribution in [-0.4, -0.2) is 29.3 Å². The maximum atomic E-state index is 11.7. The van der Waals surface area contributed by atoms with E-state index in [1.807, 2.05) is 33.0 Å². The molecule has 0 spiro atoms. The number of ether oxygens (including phenoxy) is 1. The van der Waals surface area contributed by atoms with Crippen LogP contribution >= 0.6 is 0 Å². The monoisotopic (exact) mass is 307 g/mol. The van der Waals surface area contributed by atoms with Gasteiger partial charge in [0.15, 0.2) is 0 Å². The first kappa shape index (κ1) is 18.4. The molecule has 0 aromatic carbocycles. The van der Waals surface area contributed by atoms with Crippen molar-refractivity contribution in [2.24, 2.45) is 5.92 Å². The summed E-state index contributed by atoms with van der Waals surface area (Å²) < 4.78 is 5.26. The summed E-state index contributed by atoms with van der Waals surface area (Å²) >= 11 is 0. The van der Waals surface area contributed by atoms with Crippen molar-refractivity contribution in [1.82, 2.24) is 15.6 Å². The van der Waals surface area contributed by atoms with Gasteiger partial charge in [0.1, 0.15) is 5.60 Å². The van der Waals surface area contributed by atoms with Crippen molar-refractivity contribution >= 4 is 6.09 Å². The van der Waals surface area contributed by atoms with Gasteiger partial charge in [-0.05, 0) is 50.8 Å². The third kappa shape index (κ3) is 6.89. The number of rotatable bonds is 6. The van der Waals surface area contributed by atoms with Crippen LogP contribution < -0.4 is 10.6 Å². The Kier molecular flexibility index (Phi) is 6.81. The second kappa shape index (κ2) is 8.13. The number of carbonyl (C=O) groups is 1. The van der Waals surface area contributed by atoms with Crippen molar-refractivity contribution in [3.63, 3.8) is 0 Å². The van der Waals surface area contributed by atoms with Crippen LogP contribution in [0.2, 0.25) is 0 Å². The molecule has 124 valence electrons. The lowest BCUT2D eigenvalue weighted by Crippen LogP contribution is -2.45. The van der Waals surface area contributed by atoms with Gasteiger partial charge in [0.25, 0.3) is 0 Å². The molecular weight excluding hydrogens is 278 g/mol. The van der Waals surface area contributed by atoms with Crippen LogP contribution in [0.3, 0.4) is 0 Å². The second-order valence-electron chi connectivity index (χ2n) is 6.92. The predicted octanol–water partition coefficient (Wildman–Crippen LogP) is 3.03. The fraction of sp³-hybridized carbons (Fsp3) is 0.647. The van der Waals surface area contributed by atoms with Crippen molar-refractivity contribution < 1.29 is 9.53 Å². The molecule has 1 aromatic heterocycles. The molecular formula is C17H29N3O2. The maximum absolute atomic E-state index is 11.7. The summed E-state index contributed by atoms with van der Waals surface area (Å²) in [5.41, 5.74) is 1.91. The average Bonchev–Trinajstić information content (AvgIpc) is 2.38. The van der Waals surface area contributed by atoms with Gasteiger partial charge in [-0.15, -0.1) is 0 Å². The first-order valence-electron chi connectivity index (χ1n) is 7.79. The maximum Gasteiger partial charge on any atom is 0.407 e. The molecule has 0 saturated heterocycles. The fourth-order valence-corrected chi connectivity index (χ4v) is 1.97. The number of aryl methyl sites for hydroxylation is 1. The van der Waals surface area contributed by atoms with Gasteiger partial charge >= 0.3 is 6.09 Å². The summed E-state index contributed by atoms with van der Waals surface area (Å²) in [5.74, 6) is 0.395. The van der Waals surface area contributed by atoms with E-state index in [4.69, 9.17) is 4.74 Å². The Morgan fingerprint density at radius 1 is 1.36 bits per heavy atom. The molecule has 1 amide bonds. The lowest BCUT2D eigenvalue weighted by Gasteiger charge is -2.25. The van der Waals surface area contributed by atoms with E-state index in [1.54, 1.807) is 6.20 Å². The van der Waals surface area contributed by atoms with Crippen molar-refractivity contribution in [2.45, 2.75) is 59.7 Å². The highest BCUT2D eigenvalue weighted by atomic mass is 16.6. The molecule has 1 rings (SSSR count). The summed E-state index contributed by atoms with van der Waals surface area (Å²) in [5, 5.41) is 6.32. The van der Waals surface area contributed by atoms with E-state index >= 15 is 0 Å². The van der Waals surface area contributed by atoms with Crippen LogP contribution in [0.1, 0.15) is 45.7 Å². The highest BCUT2D eigenvalue weighted by Gasteiger charge is 2.19. The van der Waals surface area contributed by atoms with Gasteiger partial charge in [-0.3, -0.25) is 4.98 Å². The van der Waals surface area contributed by atoms with Gasteiger partial charge in [-0.1, -0.05) is 13.8 Å². The van der Waals surface area contributed by atoms with E-state index in [-0.39, 0.29) is 12.1 Å². The van der Waals surface area contributed by atoms with Gasteiger partial charge in [-0.2, -0.15) is 0 Å². The van der Waals surface area contributed by atoms with E-state index in [2.05, 4.69) is 36.4 Å². The Morgan fingerprint density at radius 2 is 2.05 bits per heavy atom. The van der Waals surface area contributed by atoms with Gasteiger partial charge < -0.3 is 15.4 Å². The molecule has 1 aromatic rings. The number of carbonyl (C=O) groups excluding carboxylic acids is 1. The van der Waals surface area contributed by atoms with Crippen molar-refractivity contribution in [3.05, 3.63) is 29.6 Å². The molecule has 0 aliphatic heterocycles. The van der Waals surface area contributed by atoms with Crippen molar-refractivity contribution in [2.75, 3.05) is 6.54 Å². The molecule has 0 aliphatic rings. The standard InChI is InChI=1S/C17H29N3O2/c1-12(2)15(11-20-16(21)22-17(4,5)6)19-10-14-9-18-8-7-13(14)3/h7-9,12,15,19H,10-11H2,1-6H3,(H,20,21). The van der Waals surface area contributed by atoms with Crippen LogP contribution in [0.4, 0.5) is 4.79 Å². The number of aromatic nitrogens is 1. The van der Waals surface area contributed by atoms with Crippen molar-refractivity contribution in [1.29, 1.82) is 0 Å². The first-order valence-corrected chi connectivity index (χ1v) is 7.79. The van der Waals surface area contributed by atoms with E-state index < -0.39 is 5.60 Å². The quantitative estimate of drug-likeness (QED) is 0.848. The molecule has 1 unspecified atom stereocenters. The van der Waals surface area contributed by atoms with Crippen molar-refractivity contribution in [3.8, 4) is 0 Å². The number of alkyl carbamates (subject to hydrolysis) is 1. The largest absolute Gasteiger partial charge is 0.444 e. The fourth-order valence-electron chi connectivity index (χ4n) is 1.97.